The number of aromatic nitrogens is 1. The lowest BCUT2D eigenvalue weighted by Crippen LogP contribution is -2.41. The van der Waals surface area contributed by atoms with Crippen molar-refractivity contribution in [1.82, 2.24) is 10.1 Å². The van der Waals surface area contributed by atoms with Crippen molar-refractivity contribution in [2.24, 2.45) is 0 Å². The van der Waals surface area contributed by atoms with Crippen LogP contribution in [0.5, 0.6) is 0 Å². The first kappa shape index (κ1) is 19.9. The fourth-order valence-corrected chi connectivity index (χ4v) is 3.49. The number of Topliss-reactive ketones (excluding diaryl/α,β-unsaturated/α-hetero) is 2. The van der Waals surface area contributed by atoms with Gasteiger partial charge in [-0.25, -0.2) is 0 Å². The highest BCUT2D eigenvalue weighted by molar-refractivity contribution is 5.94. The molecule has 1 N–H and O–H groups in total. The van der Waals surface area contributed by atoms with Gasteiger partial charge in [0.05, 0.1) is 24.3 Å². The minimum Gasteiger partial charge on any atom is -0.391 e. The van der Waals surface area contributed by atoms with Crippen LogP contribution in [0.2, 0.25) is 0 Å². The number of aliphatic hydroxyl groups excluding tert-OH is 1. The summed E-state index contributed by atoms with van der Waals surface area (Å²) in [6.45, 7) is 3.43. The lowest BCUT2D eigenvalue weighted by molar-refractivity contribution is -0.137. The van der Waals surface area contributed by atoms with E-state index in [2.05, 4.69) is 5.16 Å². The fraction of sp³-hybridized carbons (Fsp3) is 0.429. The Morgan fingerprint density at radius 2 is 1.96 bits per heavy atom. The number of hydrogen-bond donors (Lipinski definition) is 1. The number of hydrogen-bond acceptors (Lipinski definition) is 6. The fourth-order valence-electron chi connectivity index (χ4n) is 3.49. The van der Waals surface area contributed by atoms with Crippen LogP contribution in [-0.2, 0) is 22.4 Å². The molecule has 0 unspecified atom stereocenters. The van der Waals surface area contributed by atoms with Crippen LogP contribution in [0.25, 0.3) is 0 Å². The summed E-state index contributed by atoms with van der Waals surface area (Å²) in [7, 11) is 0. The molecular weight excluding hydrogens is 360 g/mol. The molecule has 1 aliphatic rings. The highest BCUT2D eigenvalue weighted by atomic mass is 16.5. The predicted molar refractivity (Wildman–Crippen MR) is 101 cm³/mol. The van der Waals surface area contributed by atoms with Crippen LogP contribution in [0.15, 0.2) is 34.9 Å². The number of carbonyl (C=O) groups is 3. The summed E-state index contributed by atoms with van der Waals surface area (Å²) in [4.78, 5) is 38.1. The molecule has 7 nitrogen and oxygen atoms in total. The number of ketones is 2. The highest BCUT2D eigenvalue weighted by Gasteiger charge is 2.38. The molecule has 2 heterocycles. The second-order valence-corrected chi connectivity index (χ2v) is 7.28. The first-order chi connectivity index (χ1) is 13.3. The molecule has 1 aromatic heterocycles. The Hall–Kier alpha value is -2.80. The molecule has 1 fully saturated rings. The molecule has 0 spiro atoms. The maximum absolute atomic E-state index is 12.7. The van der Waals surface area contributed by atoms with Gasteiger partial charge in [-0.1, -0.05) is 29.4 Å². The summed E-state index contributed by atoms with van der Waals surface area (Å²) in [5, 5.41) is 13.8. The predicted octanol–water partition coefficient (Wildman–Crippen LogP) is 1.89. The number of likely N-dealkylation sites (tertiary alicyclic amines) is 1. The lowest BCUT2D eigenvalue weighted by atomic mass is 10.00. The number of β-amino-alcohol motifs (C(OH)–C–C–N with tert-alkyl or cyclic N) is 1. The molecule has 7 heteroatoms. The van der Waals surface area contributed by atoms with Gasteiger partial charge in [0.2, 0.25) is 5.91 Å². The Morgan fingerprint density at radius 3 is 2.57 bits per heavy atom. The van der Waals surface area contributed by atoms with Crippen molar-refractivity contribution in [2.75, 3.05) is 6.54 Å². The zero-order valence-corrected chi connectivity index (χ0v) is 16.1. The van der Waals surface area contributed by atoms with E-state index in [1.807, 2.05) is 12.1 Å². The van der Waals surface area contributed by atoms with Crippen molar-refractivity contribution in [3.8, 4) is 0 Å². The van der Waals surface area contributed by atoms with Crippen LogP contribution in [0.4, 0.5) is 0 Å². The van der Waals surface area contributed by atoms with Crippen LogP contribution < -0.4 is 0 Å². The van der Waals surface area contributed by atoms with E-state index in [0.717, 1.165) is 5.56 Å². The quantitative estimate of drug-likeness (QED) is 0.732. The van der Waals surface area contributed by atoms with E-state index in [-0.39, 0.29) is 43.3 Å². The van der Waals surface area contributed by atoms with Gasteiger partial charge in [0.1, 0.15) is 5.76 Å². The van der Waals surface area contributed by atoms with Gasteiger partial charge in [-0.3, -0.25) is 14.4 Å². The molecule has 1 saturated heterocycles. The van der Waals surface area contributed by atoms with Crippen LogP contribution >= 0.6 is 0 Å². The third kappa shape index (κ3) is 4.72. The zero-order chi connectivity index (χ0) is 20.3. The maximum atomic E-state index is 12.7. The van der Waals surface area contributed by atoms with Gasteiger partial charge in [0.25, 0.3) is 0 Å². The van der Waals surface area contributed by atoms with Crippen molar-refractivity contribution in [1.29, 1.82) is 0 Å². The number of amides is 1. The van der Waals surface area contributed by atoms with Crippen molar-refractivity contribution < 1.29 is 24.0 Å². The minimum absolute atomic E-state index is 0.00123. The van der Waals surface area contributed by atoms with E-state index in [4.69, 9.17) is 4.52 Å². The monoisotopic (exact) mass is 384 g/mol. The van der Waals surface area contributed by atoms with Crippen molar-refractivity contribution >= 4 is 17.5 Å². The van der Waals surface area contributed by atoms with Gasteiger partial charge < -0.3 is 14.5 Å². The van der Waals surface area contributed by atoms with E-state index in [9.17, 15) is 19.5 Å². The van der Waals surface area contributed by atoms with Gasteiger partial charge in [-0.2, -0.15) is 0 Å². The molecule has 1 aliphatic heterocycles. The topological polar surface area (TPSA) is 101 Å². The molecule has 2 atom stereocenters. The summed E-state index contributed by atoms with van der Waals surface area (Å²) >= 11 is 0. The third-order valence-corrected chi connectivity index (χ3v) is 4.99. The van der Waals surface area contributed by atoms with Gasteiger partial charge in [-0.05, 0) is 25.8 Å². The molecular formula is C21H24N2O5. The molecule has 0 radical (unpaired) electrons. The van der Waals surface area contributed by atoms with E-state index >= 15 is 0 Å². The summed E-state index contributed by atoms with van der Waals surface area (Å²) in [5.74, 6) is 0.116. The van der Waals surface area contributed by atoms with Crippen molar-refractivity contribution in [3.63, 3.8) is 0 Å². The van der Waals surface area contributed by atoms with E-state index in [1.54, 1.807) is 25.1 Å². The Bertz CT molecular complexity index is 871. The largest absolute Gasteiger partial charge is 0.391 e. The average Bonchev–Trinajstić information content (AvgIpc) is 3.25. The van der Waals surface area contributed by atoms with E-state index in [1.165, 1.54) is 11.8 Å². The normalized spacial score (nSPS) is 19.0. The van der Waals surface area contributed by atoms with Gasteiger partial charge in [0.15, 0.2) is 11.6 Å². The molecule has 1 amide bonds. The first-order valence-corrected chi connectivity index (χ1v) is 9.36. The van der Waals surface area contributed by atoms with Crippen LogP contribution in [-0.4, -0.2) is 51.3 Å². The number of rotatable bonds is 7. The van der Waals surface area contributed by atoms with E-state index < -0.39 is 12.1 Å². The maximum Gasteiger partial charge on any atom is 0.231 e. The summed E-state index contributed by atoms with van der Waals surface area (Å²) in [5.41, 5.74) is 2.27. The van der Waals surface area contributed by atoms with Crippen LogP contribution in [0.1, 0.15) is 47.1 Å². The standard InChI is InChI=1S/C21H24N2O5/c1-13-9-18(28-22-13)11-21(27)23-12-17(25)10-19(23)20(26)8-5-15-3-6-16(7-4-15)14(2)24/h3-4,6-7,9,17,19,25H,5,8,10-12H2,1-2H3/t17-,19+/m1/s1. The molecule has 1 aromatic carbocycles. The SMILES string of the molecule is CC(=O)c1ccc(CCC(=O)[C@@H]2C[C@@H](O)CN2C(=O)Cc2cc(C)no2)cc1. The third-order valence-electron chi connectivity index (χ3n) is 4.99. The number of aryl methyl sites for hydroxylation is 2. The highest BCUT2D eigenvalue weighted by Crippen LogP contribution is 2.22. The minimum atomic E-state index is -0.704. The zero-order valence-electron chi connectivity index (χ0n) is 16.1. The molecule has 2 aromatic rings. The molecule has 28 heavy (non-hydrogen) atoms. The smallest absolute Gasteiger partial charge is 0.231 e. The van der Waals surface area contributed by atoms with Crippen LogP contribution in [0, 0.1) is 6.92 Å². The number of nitrogens with zero attached hydrogens (tertiary/aromatic N) is 2. The van der Waals surface area contributed by atoms with E-state index in [0.29, 0.717) is 23.4 Å². The summed E-state index contributed by atoms with van der Waals surface area (Å²) in [6.07, 6.45) is 0.353. The Labute approximate surface area is 163 Å². The molecule has 148 valence electrons. The van der Waals surface area contributed by atoms with Gasteiger partial charge >= 0.3 is 0 Å². The van der Waals surface area contributed by atoms with Crippen molar-refractivity contribution in [2.45, 2.75) is 51.7 Å². The molecule has 0 bridgehead atoms. The number of carbonyl (C=O) groups excluding carboxylic acids is 3. The second kappa shape index (κ2) is 8.48. The number of aliphatic hydroxyl groups is 1. The first-order valence-electron chi connectivity index (χ1n) is 9.36. The average molecular weight is 384 g/mol. The number of benzene rings is 1. The van der Waals surface area contributed by atoms with Crippen molar-refractivity contribution in [3.05, 3.63) is 52.9 Å². The Kier molecular flexibility index (Phi) is 6.04. The molecule has 3 rings (SSSR count). The lowest BCUT2D eigenvalue weighted by Gasteiger charge is -2.23. The summed E-state index contributed by atoms with van der Waals surface area (Å²) < 4.78 is 5.08. The van der Waals surface area contributed by atoms with Gasteiger partial charge in [0, 0.05) is 31.0 Å². The Balaban J connectivity index is 1.60. The van der Waals surface area contributed by atoms with Crippen LogP contribution in [0.3, 0.4) is 0 Å². The molecule has 0 saturated carbocycles. The Morgan fingerprint density at radius 1 is 1.25 bits per heavy atom. The van der Waals surface area contributed by atoms with Gasteiger partial charge in [-0.15, -0.1) is 0 Å². The summed E-state index contributed by atoms with van der Waals surface area (Å²) in [6, 6.07) is 8.23. The second-order valence-electron chi connectivity index (χ2n) is 7.28. The molecule has 0 aliphatic carbocycles.